The van der Waals surface area contributed by atoms with Crippen LogP contribution in [0.25, 0.3) is 10.8 Å². The fourth-order valence-electron chi connectivity index (χ4n) is 3.65. The van der Waals surface area contributed by atoms with Gasteiger partial charge in [0.15, 0.2) is 0 Å². The monoisotopic (exact) mass is 437 g/mol. The molecule has 0 aromatic heterocycles. The summed E-state index contributed by atoms with van der Waals surface area (Å²) in [6.45, 7) is 0.488. The van der Waals surface area contributed by atoms with E-state index in [1.165, 1.54) is 0 Å². The van der Waals surface area contributed by atoms with E-state index in [9.17, 15) is 9.59 Å². The molecule has 1 aliphatic heterocycles. The summed E-state index contributed by atoms with van der Waals surface area (Å²) in [5, 5.41) is 3.87. The molecule has 160 valence electrons. The summed E-state index contributed by atoms with van der Waals surface area (Å²) in [5.41, 5.74) is 2.06. The highest BCUT2D eigenvalue weighted by Gasteiger charge is 2.31. The molecule has 7 heteroatoms. The number of hydrogen-bond donors (Lipinski definition) is 1. The number of methoxy groups -OCH3 is 2. The quantitative estimate of drug-likeness (QED) is 0.564. The molecular weight excluding hydrogens is 414 g/mol. The van der Waals surface area contributed by atoms with E-state index in [-0.39, 0.29) is 16.4 Å². The molecule has 0 spiro atoms. The minimum atomic E-state index is -0.366. The number of benzene rings is 3. The largest absolute Gasteiger partial charge is 0.497 e. The lowest BCUT2D eigenvalue weighted by atomic mass is 10.0. The van der Waals surface area contributed by atoms with Gasteiger partial charge in [0.1, 0.15) is 17.2 Å². The second kappa shape index (κ2) is 9.31. The van der Waals surface area contributed by atoms with Gasteiger partial charge in [-0.05, 0) is 53.1 Å². The highest BCUT2D eigenvalue weighted by atomic mass is 32.2. The lowest BCUT2D eigenvalue weighted by Crippen LogP contribution is -2.25. The van der Waals surface area contributed by atoms with Gasteiger partial charge in [-0.1, -0.05) is 36.0 Å². The second-order valence-electron chi connectivity index (χ2n) is 7.16. The van der Waals surface area contributed by atoms with E-state index in [0.29, 0.717) is 19.4 Å². The fraction of sp³-hybridized carbons (Fsp3) is 0.250. The van der Waals surface area contributed by atoms with E-state index in [1.807, 2.05) is 54.6 Å². The summed E-state index contributed by atoms with van der Waals surface area (Å²) in [6, 6.07) is 17.6. The molecule has 1 unspecified atom stereocenters. The number of amides is 2. The van der Waals surface area contributed by atoms with Crippen LogP contribution in [0.3, 0.4) is 0 Å². The van der Waals surface area contributed by atoms with Gasteiger partial charge in [0, 0.05) is 12.0 Å². The maximum absolute atomic E-state index is 11.7. The maximum atomic E-state index is 11.7. The average molecular weight is 438 g/mol. The summed E-state index contributed by atoms with van der Waals surface area (Å²) >= 11 is 1.04. The van der Waals surface area contributed by atoms with Crippen molar-refractivity contribution in [2.45, 2.75) is 18.1 Å². The standard InChI is InChI=1S/C24H23NO5S/c1-28-18-9-5-16-6-10-21(29-2)19(20(16)14-18)11-12-30-17-7-3-15(4-8-17)13-22-23(26)25-24(27)31-22/h3-10,14,22H,11-13H2,1-2H3,(H,25,26,27). The van der Waals surface area contributed by atoms with Crippen molar-refractivity contribution in [3.63, 3.8) is 0 Å². The molecule has 1 atom stereocenters. The summed E-state index contributed by atoms with van der Waals surface area (Å²) in [5.74, 6) is 2.15. The summed E-state index contributed by atoms with van der Waals surface area (Å²) in [7, 11) is 3.32. The first-order valence-corrected chi connectivity index (χ1v) is 10.8. The first-order valence-electron chi connectivity index (χ1n) is 9.94. The summed E-state index contributed by atoms with van der Waals surface area (Å²) in [6.07, 6.45) is 1.19. The Morgan fingerprint density at radius 3 is 2.35 bits per heavy atom. The van der Waals surface area contributed by atoms with E-state index >= 15 is 0 Å². The number of hydrogen-bond acceptors (Lipinski definition) is 6. The van der Waals surface area contributed by atoms with Crippen LogP contribution < -0.4 is 19.5 Å². The van der Waals surface area contributed by atoms with Crippen LogP contribution in [0.4, 0.5) is 4.79 Å². The number of nitrogens with one attached hydrogen (secondary N) is 1. The molecule has 0 aliphatic carbocycles. The fourth-order valence-corrected chi connectivity index (χ4v) is 4.51. The van der Waals surface area contributed by atoms with Gasteiger partial charge in [-0.15, -0.1) is 0 Å². The number of fused-ring (bicyclic) bond motifs is 1. The lowest BCUT2D eigenvalue weighted by Gasteiger charge is -2.14. The SMILES string of the molecule is COc1ccc2ccc(OC)c(CCOc3ccc(CC4SC(=O)NC4=O)cc3)c2c1. The number of carbonyl (C=O) groups excluding carboxylic acids is 2. The zero-order chi connectivity index (χ0) is 21.8. The van der Waals surface area contributed by atoms with Crippen LogP contribution in [-0.4, -0.2) is 37.2 Å². The van der Waals surface area contributed by atoms with Crippen LogP contribution in [0.2, 0.25) is 0 Å². The zero-order valence-corrected chi connectivity index (χ0v) is 18.2. The van der Waals surface area contributed by atoms with Gasteiger partial charge >= 0.3 is 0 Å². The average Bonchev–Trinajstić information content (AvgIpc) is 3.11. The third kappa shape index (κ3) is 4.77. The zero-order valence-electron chi connectivity index (χ0n) is 17.3. The molecule has 0 bridgehead atoms. The van der Waals surface area contributed by atoms with Gasteiger partial charge in [0.05, 0.1) is 26.1 Å². The molecule has 1 saturated heterocycles. The highest BCUT2D eigenvalue weighted by molar-refractivity contribution is 8.15. The summed E-state index contributed by atoms with van der Waals surface area (Å²) < 4.78 is 16.9. The number of carbonyl (C=O) groups is 2. The van der Waals surface area contributed by atoms with Crippen molar-refractivity contribution >= 4 is 33.7 Å². The van der Waals surface area contributed by atoms with Gasteiger partial charge in [0.2, 0.25) is 5.91 Å². The van der Waals surface area contributed by atoms with Crippen molar-refractivity contribution < 1.29 is 23.8 Å². The van der Waals surface area contributed by atoms with Gasteiger partial charge in [0.25, 0.3) is 5.24 Å². The van der Waals surface area contributed by atoms with Gasteiger partial charge in [-0.3, -0.25) is 14.9 Å². The van der Waals surface area contributed by atoms with Gasteiger partial charge in [-0.2, -0.15) is 0 Å². The molecule has 31 heavy (non-hydrogen) atoms. The third-order valence-corrected chi connectivity index (χ3v) is 6.23. The molecule has 6 nitrogen and oxygen atoms in total. The molecule has 1 aliphatic rings. The number of rotatable bonds is 8. The van der Waals surface area contributed by atoms with Crippen molar-refractivity contribution in [1.29, 1.82) is 0 Å². The van der Waals surface area contributed by atoms with E-state index in [4.69, 9.17) is 14.2 Å². The Morgan fingerprint density at radius 1 is 0.935 bits per heavy atom. The third-order valence-electron chi connectivity index (χ3n) is 5.25. The molecule has 3 aromatic rings. The minimum Gasteiger partial charge on any atom is -0.497 e. The predicted molar refractivity (Wildman–Crippen MR) is 121 cm³/mol. The van der Waals surface area contributed by atoms with Crippen molar-refractivity contribution in [2.24, 2.45) is 0 Å². The van der Waals surface area contributed by atoms with E-state index in [0.717, 1.165) is 50.9 Å². The molecule has 1 N–H and O–H groups in total. The van der Waals surface area contributed by atoms with Crippen molar-refractivity contribution in [3.05, 3.63) is 65.7 Å². The summed E-state index contributed by atoms with van der Waals surface area (Å²) in [4.78, 5) is 23.0. The topological polar surface area (TPSA) is 73.9 Å². The highest BCUT2D eigenvalue weighted by Crippen LogP contribution is 2.31. The molecule has 2 amide bonds. The normalized spacial score (nSPS) is 15.7. The van der Waals surface area contributed by atoms with E-state index < -0.39 is 0 Å². The molecule has 0 saturated carbocycles. The Bertz CT molecular complexity index is 1110. The molecule has 1 heterocycles. The first kappa shape index (κ1) is 21.1. The first-order chi connectivity index (χ1) is 15.1. The Kier molecular flexibility index (Phi) is 6.32. The molecule has 1 fully saturated rings. The smallest absolute Gasteiger partial charge is 0.286 e. The number of thioether (sulfide) groups is 1. The molecule has 4 rings (SSSR count). The Hall–Kier alpha value is -3.19. The van der Waals surface area contributed by atoms with Crippen molar-refractivity contribution in [2.75, 3.05) is 20.8 Å². The number of imide groups is 1. The minimum absolute atomic E-state index is 0.226. The van der Waals surface area contributed by atoms with E-state index in [1.54, 1.807) is 14.2 Å². The van der Waals surface area contributed by atoms with Crippen LogP contribution in [-0.2, 0) is 17.6 Å². The predicted octanol–water partition coefficient (Wildman–Crippen LogP) is 4.37. The van der Waals surface area contributed by atoms with Crippen LogP contribution in [0, 0.1) is 0 Å². The van der Waals surface area contributed by atoms with Crippen molar-refractivity contribution in [3.8, 4) is 17.2 Å². The Morgan fingerprint density at radius 2 is 1.68 bits per heavy atom. The lowest BCUT2D eigenvalue weighted by molar-refractivity contribution is -0.118. The molecular formula is C24H23NO5S. The second-order valence-corrected chi connectivity index (χ2v) is 8.34. The Balaban J connectivity index is 1.41. The molecule has 0 radical (unpaired) electrons. The maximum Gasteiger partial charge on any atom is 0.286 e. The Labute approximate surface area is 184 Å². The van der Waals surface area contributed by atoms with Crippen LogP contribution in [0.15, 0.2) is 54.6 Å². The van der Waals surface area contributed by atoms with Crippen LogP contribution in [0.5, 0.6) is 17.2 Å². The van der Waals surface area contributed by atoms with Gasteiger partial charge < -0.3 is 14.2 Å². The molecule has 3 aromatic carbocycles. The van der Waals surface area contributed by atoms with Crippen LogP contribution in [0.1, 0.15) is 11.1 Å². The van der Waals surface area contributed by atoms with Gasteiger partial charge in [-0.25, -0.2) is 0 Å². The van der Waals surface area contributed by atoms with E-state index in [2.05, 4.69) is 5.32 Å². The van der Waals surface area contributed by atoms with Crippen LogP contribution >= 0.6 is 11.8 Å². The number of ether oxygens (including phenoxy) is 3. The van der Waals surface area contributed by atoms with Crippen molar-refractivity contribution in [1.82, 2.24) is 5.32 Å².